The van der Waals surface area contributed by atoms with E-state index >= 15 is 0 Å². The van der Waals surface area contributed by atoms with E-state index in [4.69, 9.17) is 10.2 Å². The molecule has 2 N–H and O–H groups in total. The van der Waals surface area contributed by atoms with Gasteiger partial charge in [-0.25, -0.2) is 0 Å². The third-order valence-electron chi connectivity index (χ3n) is 1.50. The predicted octanol–water partition coefficient (Wildman–Crippen LogP) is 2.41. The lowest BCUT2D eigenvalue weighted by Gasteiger charge is -1.99. The van der Waals surface area contributed by atoms with Gasteiger partial charge in [-0.2, -0.15) is 0 Å². The van der Waals surface area contributed by atoms with Gasteiger partial charge in [0.1, 0.15) is 5.75 Å². The minimum Gasteiger partial charge on any atom is -0.512 e. The number of phenols is 1. The summed E-state index contributed by atoms with van der Waals surface area (Å²) in [6.45, 7) is 1.76. The highest BCUT2D eigenvalue weighted by Gasteiger charge is 1.96. The maximum atomic E-state index is 9.12. The Morgan fingerprint density at radius 3 is 2.33 bits per heavy atom. The quantitative estimate of drug-likeness (QED) is 0.657. The lowest BCUT2D eigenvalue weighted by atomic mass is 10.1. The average Bonchev–Trinajstić information content (AvgIpc) is 2.09. The van der Waals surface area contributed by atoms with Crippen LogP contribution in [-0.2, 0) is 0 Å². The molecule has 0 aliphatic rings. The summed E-state index contributed by atoms with van der Waals surface area (Å²) >= 11 is 0. The van der Waals surface area contributed by atoms with E-state index in [0.29, 0.717) is 0 Å². The number of hydrogen-bond donors (Lipinski definition) is 2. The molecule has 1 radical (unpaired) electrons. The Kier molecular flexibility index (Phi) is 2.75. The summed E-state index contributed by atoms with van der Waals surface area (Å²) in [5, 5.41) is 18.1. The molecule has 12 heavy (non-hydrogen) atoms. The van der Waals surface area contributed by atoms with Crippen molar-refractivity contribution in [1.82, 2.24) is 0 Å². The lowest BCUT2D eigenvalue weighted by Crippen LogP contribution is -1.84. The fourth-order valence-electron chi connectivity index (χ4n) is 0.825. The standard InChI is InChI=1S/C10H11O2/c1-2-9(11)7-8-3-5-10(12)6-4-8/h2-7,11-12H,1H3. The summed E-state index contributed by atoms with van der Waals surface area (Å²) in [5.41, 5.74) is 0.864. The van der Waals surface area contributed by atoms with Gasteiger partial charge in [-0.05, 0) is 30.7 Å². The van der Waals surface area contributed by atoms with Gasteiger partial charge < -0.3 is 10.2 Å². The fraction of sp³-hybridized carbons (Fsp3) is 0.100. The van der Waals surface area contributed by atoms with Crippen LogP contribution in [0.3, 0.4) is 0 Å². The Hall–Kier alpha value is -1.44. The smallest absolute Gasteiger partial charge is 0.115 e. The van der Waals surface area contributed by atoms with Gasteiger partial charge in [0.05, 0.1) is 12.2 Å². The average molecular weight is 163 g/mol. The van der Waals surface area contributed by atoms with Crippen LogP contribution in [-0.4, -0.2) is 10.2 Å². The van der Waals surface area contributed by atoms with E-state index in [0.717, 1.165) is 5.56 Å². The molecule has 1 aromatic rings. The largest absolute Gasteiger partial charge is 0.512 e. The van der Waals surface area contributed by atoms with E-state index in [9.17, 15) is 0 Å². The second kappa shape index (κ2) is 3.81. The first-order chi connectivity index (χ1) is 5.72. The molecular formula is C10H11O2. The van der Waals surface area contributed by atoms with Gasteiger partial charge in [0.25, 0.3) is 0 Å². The molecule has 63 valence electrons. The molecule has 0 spiro atoms. The summed E-state index contributed by atoms with van der Waals surface area (Å²) < 4.78 is 0. The molecule has 1 rings (SSSR count). The molecule has 0 saturated carbocycles. The van der Waals surface area contributed by atoms with Crippen molar-refractivity contribution >= 4 is 0 Å². The van der Waals surface area contributed by atoms with Gasteiger partial charge in [-0.1, -0.05) is 12.1 Å². The molecule has 0 fully saturated rings. The lowest BCUT2D eigenvalue weighted by molar-refractivity contribution is 0.422. The summed E-state index contributed by atoms with van der Waals surface area (Å²) in [5.74, 6) is 0.452. The van der Waals surface area contributed by atoms with Crippen LogP contribution in [0.5, 0.6) is 5.75 Å². The van der Waals surface area contributed by atoms with Crippen LogP contribution in [0.15, 0.2) is 36.1 Å². The van der Waals surface area contributed by atoms with E-state index < -0.39 is 0 Å². The molecule has 0 amide bonds. The fourth-order valence-corrected chi connectivity index (χ4v) is 0.825. The maximum absolute atomic E-state index is 9.12. The zero-order chi connectivity index (χ0) is 8.97. The van der Waals surface area contributed by atoms with Crippen molar-refractivity contribution in [3.63, 3.8) is 0 Å². The highest BCUT2D eigenvalue weighted by atomic mass is 16.3. The zero-order valence-electron chi connectivity index (χ0n) is 6.86. The molecule has 0 aliphatic heterocycles. The van der Waals surface area contributed by atoms with E-state index in [2.05, 4.69) is 0 Å². The van der Waals surface area contributed by atoms with Gasteiger partial charge in [-0.3, -0.25) is 0 Å². The van der Waals surface area contributed by atoms with Crippen molar-refractivity contribution in [3.05, 3.63) is 48.1 Å². The Labute approximate surface area is 71.8 Å². The number of allylic oxidation sites excluding steroid dienone is 2. The topological polar surface area (TPSA) is 40.5 Å². The number of aliphatic hydroxyl groups excluding tert-OH is 1. The van der Waals surface area contributed by atoms with Crippen molar-refractivity contribution in [3.8, 4) is 5.75 Å². The number of rotatable bonds is 2. The summed E-state index contributed by atoms with van der Waals surface area (Å²) in [7, 11) is 0. The normalized spacial score (nSPS) is 11.6. The molecule has 0 atom stereocenters. The van der Waals surface area contributed by atoms with Gasteiger partial charge in [-0.15, -0.1) is 0 Å². The van der Waals surface area contributed by atoms with Crippen molar-refractivity contribution < 1.29 is 10.2 Å². The molecule has 0 aliphatic carbocycles. The van der Waals surface area contributed by atoms with E-state index in [1.807, 2.05) is 0 Å². The minimum absolute atomic E-state index is 0.223. The Morgan fingerprint density at radius 1 is 1.25 bits per heavy atom. The molecule has 0 saturated heterocycles. The van der Waals surface area contributed by atoms with Crippen LogP contribution in [0.25, 0.3) is 0 Å². The number of aliphatic hydroxyl groups is 1. The third kappa shape index (κ3) is 2.31. The molecule has 0 unspecified atom stereocenters. The molecule has 1 aromatic carbocycles. The van der Waals surface area contributed by atoms with Crippen molar-refractivity contribution in [1.29, 1.82) is 0 Å². The monoisotopic (exact) mass is 163 g/mol. The van der Waals surface area contributed by atoms with E-state index in [-0.39, 0.29) is 11.5 Å². The SMILES string of the molecule is CC=C(O)[CH]c1ccc(O)cc1. The van der Waals surface area contributed by atoms with Crippen LogP contribution in [0.1, 0.15) is 12.5 Å². The molecule has 0 bridgehead atoms. The zero-order valence-corrected chi connectivity index (χ0v) is 6.86. The van der Waals surface area contributed by atoms with Crippen LogP contribution >= 0.6 is 0 Å². The highest BCUT2D eigenvalue weighted by molar-refractivity contribution is 5.34. The van der Waals surface area contributed by atoms with E-state index in [1.54, 1.807) is 43.7 Å². The first kappa shape index (κ1) is 8.65. The molecular weight excluding hydrogens is 152 g/mol. The van der Waals surface area contributed by atoms with Crippen molar-refractivity contribution in [2.24, 2.45) is 0 Å². The van der Waals surface area contributed by atoms with Gasteiger partial charge in [0.2, 0.25) is 0 Å². The van der Waals surface area contributed by atoms with Crippen LogP contribution in [0.4, 0.5) is 0 Å². The number of phenolic OH excluding ortho intramolecular Hbond substituents is 1. The molecule has 0 heterocycles. The summed E-state index contributed by atoms with van der Waals surface area (Å²) in [4.78, 5) is 0. The van der Waals surface area contributed by atoms with Crippen LogP contribution in [0, 0.1) is 6.42 Å². The molecule has 2 nitrogen and oxygen atoms in total. The first-order valence-corrected chi connectivity index (χ1v) is 3.71. The van der Waals surface area contributed by atoms with Crippen LogP contribution < -0.4 is 0 Å². The van der Waals surface area contributed by atoms with Crippen molar-refractivity contribution in [2.45, 2.75) is 6.92 Å². The van der Waals surface area contributed by atoms with Crippen LogP contribution in [0.2, 0.25) is 0 Å². The first-order valence-electron chi connectivity index (χ1n) is 3.71. The third-order valence-corrected chi connectivity index (χ3v) is 1.50. The molecule has 2 heteroatoms. The van der Waals surface area contributed by atoms with Crippen molar-refractivity contribution in [2.75, 3.05) is 0 Å². The van der Waals surface area contributed by atoms with Gasteiger partial charge in [0.15, 0.2) is 0 Å². The highest BCUT2D eigenvalue weighted by Crippen LogP contribution is 2.13. The maximum Gasteiger partial charge on any atom is 0.115 e. The second-order valence-corrected chi connectivity index (χ2v) is 2.45. The Bertz CT molecular complexity index is 272. The Morgan fingerprint density at radius 2 is 1.83 bits per heavy atom. The number of aromatic hydroxyl groups is 1. The predicted molar refractivity (Wildman–Crippen MR) is 47.9 cm³/mol. The van der Waals surface area contributed by atoms with E-state index in [1.165, 1.54) is 0 Å². The minimum atomic E-state index is 0.223. The summed E-state index contributed by atoms with van der Waals surface area (Å²) in [6.07, 6.45) is 3.23. The second-order valence-electron chi connectivity index (χ2n) is 2.45. The van der Waals surface area contributed by atoms with Gasteiger partial charge >= 0.3 is 0 Å². The number of benzene rings is 1. The Balaban J connectivity index is 2.71. The summed E-state index contributed by atoms with van der Waals surface area (Å²) in [6, 6.07) is 6.62. The molecule has 0 aromatic heterocycles. The van der Waals surface area contributed by atoms with Gasteiger partial charge in [0, 0.05) is 0 Å². The number of hydrogen-bond acceptors (Lipinski definition) is 2.